The first-order valence-corrected chi connectivity index (χ1v) is 9.05. The molecule has 0 spiro atoms. The van der Waals surface area contributed by atoms with E-state index >= 15 is 0 Å². The fourth-order valence-electron chi connectivity index (χ4n) is 2.88. The van der Waals surface area contributed by atoms with Crippen molar-refractivity contribution in [1.29, 1.82) is 0 Å². The molecule has 0 bridgehead atoms. The minimum Gasteiger partial charge on any atom is -0.275 e. The Morgan fingerprint density at radius 1 is 1.27 bits per heavy atom. The average molecular weight is 321 g/mol. The number of aryl methyl sites for hydroxylation is 1. The molecule has 1 aliphatic rings. The van der Waals surface area contributed by atoms with E-state index in [1.54, 1.807) is 23.3 Å². The lowest BCUT2D eigenvalue weighted by Gasteiger charge is -2.31. The van der Waals surface area contributed by atoms with Gasteiger partial charge in [-0.25, -0.2) is 12.7 Å². The van der Waals surface area contributed by atoms with Crippen molar-refractivity contribution in [2.75, 3.05) is 19.3 Å². The van der Waals surface area contributed by atoms with Crippen LogP contribution < -0.4 is 0 Å². The molecule has 1 aliphatic heterocycles. The Balaban J connectivity index is 1.95. The highest BCUT2D eigenvalue weighted by atomic mass is 32.2. The Kier molecular flexibility index (Phi) is 3.96. The van der Waals surface area contributed by atoms with Gasteiger partial charge in [0.05, 0.1) is 23.8 Å². The lowest BCUT2D eigenvalue weighted by molar-refractivity contribution is 0.314. The van der Waals surface area contributed by atoms with E-state index in [-0.39, 0.29) is 5.92 Å². The molecule has 1 saturated heterocycles. The summed E-state index contributed by atoms with van der Waals surface area (Å²) < 4.78 is 26.8. The Morgan fingerprint density at radius 2 is 2.05 bits per heavy atom. The summed E-state index contributed by atoms with van der Waals surface area (Å²) in [6.45, 7) is 1.04. The second-order valence-electron chi connectivity index (χ2n) is 5.65. The van der Waals surface area contributed by atoms with Gasteiger partial charge < -0.3 is 0 Å². The average Bonchev–Trinajstić information content (AvgIpc) is 2.93. The molecule has 1 atom stereocenters. The monoisotopic (exact) mass is 321 g/mol. The predicted octanol–water partition coefficient (Wildman–Crippen LogP) is 1.02. The molecular weight excluding hydrogens is 302 g/mol. The van der Waals surface area contributed by atoms with E-state index in [0.717, 1.165) is 29.8 Å². The molecule has 8 heteroatoms. The summed E-state index contributed by atoms with van der Waals surface area (Å²) in [6, 6.07) is 0. The zero-order valence-corrected chi connectivity index (χ0v) is 13.5. The molecule has 22 heavy (non-hydrogen) atoms. The highest BCUT2D eigenvalue weighted by molar-refractivity contribution is 7.88. The predicted molar refractivity (Wildman–Crippen MR) is 82.6 cm³/mol. The minimum atomic E-state index is -3.17. The van der Waals surface area contributed by atoms with E-state index in [4.69, 9.17) is 0 Å². The smallest absolute Gasteiger partial charge is 0.211 e. The molecule has 0 radical (unpaired) electrons. The molecule has 118 valence electrons. The number of rotatable bonds is 3. The summed E-state index contributed by atoms with van der Waals surface area (Å²) in [4.78, 5) is 8.92. The molecule has 3 heterocycles. The normalized spacial score (nSPS) is 20.2. The number of nitrogens with zero attached hydrogens (tertiary/aromatic N) is 5. The van der Waals surface area contributed by atoms with Gasteiger partial charge in [0, 0.05) is 50.2 Å². The van der Waals surface area contributed by atoms with Gasteiger partial charge >= 0.3 is 0 Å². The number of hydrogen-bond acceptors (Lipinski definition) is 5. The number of aromatic nitrogens is 4. The van der Waals surface area contributed by atoms with Crippen molar-refractivity contribution in [3.05, 3.63) is 30.5 Å². The van der Waals surface area contributed by atoms with Crippen LogP contribution in [0.2, 0.25) is 0 Å². The van der Waals surface area contributed by atoms with Crippen LogP contribution in [-0.4, -0.2) is 51.8 Å². The Morgan fingerprint density at radius 3 is 2.73 bits per heavy atom. The van der Waals surface area contributed by atoms with Gasteiger partial charge in [0.15, 0.2) is 0 Å². The number of sulfonamides is 1. The van der Waals surface area contributed by atoms with Crippen molar-refractivity contribution < 1.29 is 8.42 Å². The van der Waals surface area contributed by atoms with E-state index < -0.39 is 10.0 Å². The molecular formula is C14H19N5O2S. The van der Waals surface area contributed by atoms with E-state index in [0.29, 0.717) is 13.1 Å². The Labute approximate surface area is 130 Å². The molecule has 0 saturated carbocycles. The Hall–Kier alpha value is -1.80. The third-order valence-electron chi connectivity index (χ3n) is 3.94. The van der Waals surface area contributed by atoms with Gasteiger partial charge in [0.2, 0.25) is 10.0 Å². The fraction of sp³-hybridized carbons (Fsp3) is 0.500. The SMILES string of the molecule is Cn1cc(-c2nccnc2[C@H]2CCCN(S(C)(=O)=O)C2)cn1. The van der Waals surface area contributed by atoms with E-state index in [1.165, 1.54) is 10.6 Å². The van der Waals surface area contributed by atoms with Crippen LogP contribution in [0.15, 0.2) is 24.8 Å². The minimum absolute atomic E-state index is 0.0624. The van der Waals surface area contributed by atoms with Crippen molar-refractivity contribution in [3.8, 4) is 11.3 Å². The lowest BCUT2D eigenvalue weighted by Crippen LogP contribution is -2.38. The highest BCUT2D eigenvalue weighted by Crippen LogP contribution is 2.32. The van der Waals surface area contributed by atoms with Crippen LogP contribution in [0.25, 0.3) is 11.3 Å². The quantitative estimate of drug-likeness (QED) is 0.843. The zero-order chi connectivity index (χ0) is 15.7. The molecule has 0 aromatic carbocycles. The van der Waals surface area contributed by atoms with Gasteiger partial charge in [-0.05, 0) is 12.8 Å². The van der Waals surface area contributed by atoms with Gasteiger partial charge in [-0.15, -0.1) is 0 Å². The fourth-order valence-corrected chi connectivity index (χ4v) is 3.79. The summed E-state index contributed by atoms with van der Waals surface area (Å²) in [5.41, 5.74) is 2.54. The first kappa shape index (κ1) is 15.1. The number of hydrogen-bond donors (Lipinski definition) is 0. The van der Waals surface area contributed by atoms with Crippen molar-refractivity contribution in [2.45, 2.75) is 18.8 Å². The van der Waals surface area contributed by atoms with Crippen LogP contribution in [-0.2, 0) is 17.1 Å². The summed E-state index contributed by atoms with van der Waals surface area (Å²) in [7, 11) is -1.32. The van der Waals surface area contributed by atoms with E-state index in [9.17, 15) is 8.42 Å². The van der Waals surface area contributed by atoms with Crippen LogP contribution in [0.3, 0.4) is 0 Å². The van der Waals surface area contributed by atoms with Crippen LogP contribution in [0.5, 0.6) is 0 Å². The topological polar surface area (TPSA) is 81.0 Å². The van der Waals surface area contributed by atoms with E-state index in [1.807, 2.05) is 13.2 Å². The van der Waals surface area contributed by atoms with Crippen molar-refractivity contribution >= 4 is 10.0 Å². The van der Waals surface area contributed by atoms with Crippen molar-refractivity contribution in [1.82, 2.24) is 24.1 Å². The second-order valence-corrected chi connectivity index (χ2v) is 7.64. The molecule has 1 fully saturated rings. The molecule has 2 aromatic heterocycles. The largest absolute Gasteiger partial charge is 0.275 e. The Bertz CT molecular complexity index is 771. The maximum atomic E-state index is 11.8. The molecule has 2 aromatic rings. The second kappa shape index (κ2) is 5.77. The van der Waals surface area contributed by atoms with Crippen LogP contribution >= 0.6 is 0 Å². The standard InChI is InChI=1S/C14H19N5O2S/c1-18-9-12(8-17-18)14-13(15-5-6-16-14)11-4-3-7-19(10-11)22(2,20)21/h5-6,8-9,11H,3-4,7,10H2,1-2H3/t11-/m0/s1. The van der Waals surface area contributed by atoms with Crippen LogP contribution in [0.1, 0.15) is 24.5 Å². The lowest BCUT2D eigenvalue weighted by atomic mass is 9.93. The maximum Gasteiger partial charge on any atom is 0.211 e. The maximum absolute atomic E-state index is 11.8. The molecule has 0 N–H and O–H groups in total. The van der Waals surface area contributed by atoms with Crippen molar-refractivity contribution in [2.24, 2.45) is 7.05 Å². The first-order chi connectivity index (χ1) is 10.4. The van der Waals surface area contributed by atoms with Gasteiger partial charge in [0.1, 0.15) is 0 Å². The molecule has 0 aliphatic carbocycles. The number of piperidine rings is 1. The summed E-state index contributed by atoms with van der Waals surface area (Å²) >= 11 is 0. The van der Waals surface area contributed by atoms with Gasteiger partial charge in [0.25, 0.3) is 0 Å². The zero-order valence-electron chi connectivity index (χ0n) is 12.7. The summed E-state index contributed by atoms with van der Waals surface area (Å²) in [5, 5.41) is 4.18. The van der Waals surface area contributed by atoms with Crippen molar-refractivity contribution in [3.63, 3.8) is 0 Å². The molecule has 0 unspecified atom stereocenters. The van der Waals surface area contributed by atoms with Crippen LogP contribution in [0, 0.1) is 0 Å². The summed E-state index contributed by atoms with van der Waals surface area (Å²) in [6.07, 6.45) is 9.97. The van der Waals surface area contributed by atoms with Gasteiger partial charge in [-0.1, -0.05) is 0 Å². The third-order valence-corrected chi connectivity index (χ3v) is 5.21. The highest BCUT2D eigenvalue weighted by Gasteiger charge is 2.29. The first-order valence-electron chi connectivity index (χ1n) is 7.20. The van der Waals surface area contributed by atoms with E-state index in [2.05, 4.69) is 15.1 Å². The molecule has 0 amide bonds. The molecule has 3 rings (SSSR count). The summed E-state index contributed by atoms with van der Waals surface area (Å²) in [5.74, 6) is 0.0624. The van der Waals surface area contributed by atoms with Crippen LogP contribution in [0.4, 0.5) is 0 Å². The van der Waals surface area contributed by atoms with Gasteiger partial charge in [-0.2, -0.15) is 5.10 Å². The molecule has 7 nitrogen and oxygen atoms in total. The third kappa shape index (κ3) is 3.02. The van der Waals surface area contributed by atoms with Gasteiger partial charge in [-0.3, -0.25) is 14.6 Å².